The second-order valence-electron chi connectivity index (χ2n) is 10.0. The monoisotopic (exact) mass is 532 g/mol. The molecule has 1 aliphatic rings. The number of thiazole rings is 1. The first-order chi connectivity index (χ1) is 17.9. The Bertz CT molecular complexity index is 1470. The highest BCUT2D eigenvalue weighted by Crippen LogP contribution is 2.35. The number of benzene rings is 1. The number of nitriles is 1. The van der Waals surface area contributed by atoms with Crippen molar-refractivity contribution < 1.29 is 4.79 Å². The lowest BCUT2D eigenvalue weighted by Gasteiger charge is -2.32. The number of carbonyl (C=O) groups is 1. The van der Waals surface area contributed by atoms with E-state index in [4.69, 9.17) is 21.6 Å². The second-order valence-corrected chi connectivity index (χ2v) is 11.7. The highest BCUT2D eigenvalue weighted by atomic mass is 35.5. The summed E-state index contributed by atoms with van der Waals surface area (Å²) in [6.45, 7) is 4.41. The molecular weight excluding hydrogens is 504 g/mol. The number of pyridine rings is 1. The molecule has 0 unspecified atom stereocenters. The van der Waals surface area contributed by atoms with Gasteiger partial charge in [0, 0.05) is 24.1 Å². The number of nitrogens with zero attached hydrogens (tertiary/aromatic N) is 5. The predicted octanol–water partition coefficient (Wildman–Crippen LogP) is 6.39. The molecule has 0 aliphatic heterocycles. The number of nitrogens with one attached hydrogen (secondary N) is 1. The van der Waals surface area contributed by atoms with E-state index in [0.717, 1.165) is 65.8 Å². The van der Waals surface area contributed by atoms with Crippen LogP contribution in [0.4, 0.5) is 0 Å². The summed E-state index contributed by atoms with van der Waals surface area (Å²) < 4.78 is 2.89. The van der Waals surface area contributed by atoms with Crippen molar-refractivity contribution in [2.24, 2.45) is 5.92 Å². The Balaban J connectivity index is 1.50. The number of imidazole rings is 1. The highest BCUT2D eigenvalue weighted by Gasteiger charge is 2.29. The van der Waals surface area contributed by atoms with Crippen LogP contribution in [0.2, 0.25) is 4.34 Å². The summed E-state index contributed by atoms with van der Waals surface area (Å²) in [7, 11) is 0. The van der Waals surface area contributed by atoms with Crippen molar-refractivity contribution in [3.63, 3.8) is 0 Å². The Kier molecular flexibility index (Phi) is 7.54. The predicted molar refractivity (Wildman–Crippen MR) is 147 cm³/mol. The third-order valence-electron chi connectivity index (χ3n) is 6.82. The van der Waals surface area contributed by atoms with Crippen LogP contribution in [-0.4, -0.2) is 31.5 Å². The molecule has 1 amide bonds. The minimum atomic E-state index is -0.166. The van der Waals surface area contributed by atoms with Crippen LogP contribution in [0.1, 0.15) is 66.8 Å². The van der Waals surface area contributed by atoms with Crippen LogP contribution in [0.5, 0.6) is 0 Å². The molecular formula is C28H29ClN6OS. The number of carbonyl (C=O) groups excluding carboxylic acids is 1. The summed E-state index contributed by atoms with van der Waals surface area (Å²) in [6, 6.07) is 12.6. The van der Waals surface area contributed by atoms with Crippen LogP contribution < -0.4 is 5.32 Å². The number of hydrogen-bond acceptors (Lipinski definition) is 6. The molecule has 0 saturated heterocycles. The van der Waals surface area contributed by atoms with Gasteiger partial charge in [-0.15, -0.1) is 0 Å². The largest absolute Gasteiger partial charge is 0.347 e. The molecule has 1 saturated carbocycles. The maximum atomic E-state index is 12.8. The second kappa shape index (κ2) is 11.0. The molecule has 3 aromatic heterocycles. The number of fused-ring (bicyclic) bond motifs is 1. The Morgan fingerprint density at radius 1 is 1.27 bits per heavy atom. The summed E-state index contributed by atoms with van der Waals surface area (Å²) in [5.74, 6) is 1.34. The molecule has 0 radical (unpaired) electrons. The Labute approximate surface area is 225 Å². The van der Waals surface area contributed by atoms with Crippen molar-refractivity contribution in [3.05, 3.63) is 63.5 Å². The summed E-state index contributed by atoms with van der Waals surface area (Å²) in [5, 5.41) is 12.9. The zero-order chi connectivity index (χ0) is 25.9. The molecule has 0 spiro atoms. The third-order valence-corrected chi connectivity index (χ3v) is 7.93. The normalized spacial score (nSPS) is 17.7. The van der Waals surface area contributed by atoms with Crippen molar-refractivity contribution in [2.45, 2.75) is 64.5 Å². The fourth-order valence-electron chi connectivity index (χ4n) is 5.26. The van der Waals surface area contributed by atoms with E-state index in [0.29, 0.717) is 21.7 Å². The summed E-state index contributed by atoms with van der Waals surface area (Å²) >= 11 is 7.18. The summed E-state index contributed by atoms with van der Waals surface area (Å²) in [6.07, 6.45) is 8.35. The van der Waals surface area contributed by atoms with Crippen molar-refractivity contribution in [2.75, 3.05) is 0 Å². The third kappa shape index (κ3) is 5.53. The van der Waals surface area contributed by atoms with Gasteiger partial charge in [0.15, 0.2) is 5.01 Å². The topological polar surface area (TPSA) is 96.5 Å². The van der Waals surface area contributed by atoms with E-state index < -0.39 is 0 Å². The van der Waals surface area contributed by atoms with E-state index in [2.05, 4.69) is 40.9 Å². The van der Waals surface area contributed by atoms with Gasteiger partial charge in [-0.05, 0) is 43.2 Å². The molecule has 5 rings (SSSR count). The van der Waals surface area contributed by atoms with Gasteiger partial charge in [-0.2, -0.15) is 5.26 Å². The molecule has 37 heavy (non-hydrogen) atoms. The van der Waals surface area contributed by atoms with Gasteiger partial charge in [0.2, 0.25) is 0 Å². The van der Waals surface area contributed by atoms with Crippen molar-refractivity contribution in [1.29, 1.82) is 5.26 Å². The Morgan fingerprint density at radius 2 is 2.11 bits per heavy atom. The summed E-state index contributed by atoms with van der Waals surface area (Å²) in [4.78, 5) is 26.6. The zero-order valence-corrected chi connectivity index (χ0v) is 22.5. The quantitative estimate of drug-likeness (QED) is 0.297. The van der Waals surface area contributed by atoms with Gasteiger partial charge in [0.1, 0.15) is 15.7 Å². The fraction of sp³-hybridized carbons (Fsp3) is 0.393. The van der Waals surface area contributed by atoms with Gasteiger partial charge in [-0.3, -0.25) is 9.78 Å². The molecule has 1 aromatic carbocycles. The maximum absolute atomic E-state index is 12.8. The highest BCUT2D eigenvalue weighted by molar-refractivity contribution is 7.17. The molecule has 3 heterocycles. The van der Waals surface area contributed by atoms with Crippen LogP contribution in [0, 0.1) is 17.2 Å². The van der Waals surface area contributed by atoms with E-state index in [-0.39, 0.29) is 18.0 Å². The molecule has 1 N–H and O–H groups in total. The van der Waals surface area contributed by atoms with Gasteiger partial charge in [0.05, 0.1) is 36.1 Å². The number of aromatic nitrogens is 4. The van der Waals surface area contributed by atoms with Crippen molar-refractivity contribution >= 4 is 39.9 Å². The van der Waals surface area contributed by atoms with Crippen LogP contribution in [-0.2, 0) is 12.8 Å². The number of rotatable bonds is 7. The van der Waals surface area contributed by atoms with E-state index in [9.17, 15) is 10.1 Å². The van der Waals surface area contributed by atoms with Gasteiger partial charge in [-0.25, -0.2) is 9.97 Å². The van der Waals surface area contributed by atoms with Crippen molar-refractivity contribution in [1.82, 2.24) is 24.8 Å². The minimum Gasteiger partial charge on any atom is -0.347 e. The Morgan fingerprint density at radius 3 is 2.86 bits per heavy atom. The molecule has 1 aliphatic carbocycles. The van der Waals surface area contributed by atoms with E-state index in [1.807, 2.05) is 30.5 Å². The summed E-state index contributed by atoms with van der Waals surface area (Å²) in [5.41, 5.74) is 4.71. The maximum Gasteiger partial charge on any atom is 0.280 e. The number of hydrogen-bond donors (Lipinski definition) is 1. The lowest BCUT2D eigenvalue weighted by Crippen LogP contribution is -2.39. The molecule has 1 fully saturated rings. The average Bonchev–Trinajstić information content (AvgIpc) is 3.47. The average molecular weight is 533 g/mol. The fourth-order valence-corrected chi connectivity index (χ4v) is 6.07. The Hall–Kier alpha value is -3.28. The van der Waals surface area contributed by atoms with Crippen LogP contribution in [0.3, 0.4) is 0 Å². The van der Waals surface area contributed by atoms with Crippen LogP contribution in [0.25, 0.3) is 22.3 Å². The van der Waals surface area contributed by atoms with E-state index in [1.54, 1.807) is 0 Å². The van der Waals surface area contributed by atoms with Gasteiger partial charge < -0.3 is 9.88 Å². The lowest BCUT2D eigenvalue weighted by molar-refractivity contribution is 0.0920. The van der Waals surface area contributed by atoms with Gasteiger partial charge in [0.25, 0.3) is 5.91 Å². The first-order valence-corrected chi connectivity index (χ1v) is 13.9. The molecule has 4 aromatic rings. The van der Waals surface area contributed by atoms with Gasteiger partial charge in [-0.1, -0.05) is 61.1 Å². The number of halogens is 1. The van der Waals surface area contributed by atoms with E-state index >= 15 is 0 Å². The molecule has 2 atom stereocenters. The lowest BCUT2D eigenvalue weighted by atomic mass is 9.90. The standard InChI is InChI=1S/C28H29ClN6OS/c1-17(2)12-26-34-23-15-31-22(21-9-4-3-6-18(21)10-11-30)14-24(23)35(26)20-8-5-7-19(13-20)33-27(36)28-32-16-25(29)37-28/h3-4,6,9,14-17,19-20H,5,7-8,10,12-13H2,1-2H3,(H,33,36)/t19-,20+/m0/s1. The van der Waals surface area contributed by atoms with Gasteiger partial charge >= 0.3 is 0 Å². The van der Waals surface area contributed by atoms with Crippen molar-refractivity contribution in [3.8, 4) is 17.3 Å². The molecule has 9 heteroatoms. The first kappa shape index (κ1) is 25.4. The first-order valence-electron chi connectivity index (χ1n) is 12.7. The minimum absolute atomic E-state index is 0.0518. The molecule has 7 nitrogen and oxygen atoms in total. The zero-order valence-electron chi connectivity index (χ0n) is 20.9. The van der Waals surface area contributed by atoms with Crippen LogP contribution >= 0.6 is 22.9 Å². The van der Waals surface area contributed by atoms with E-state index in [1.165, 1.54) is 17.5 Å². The number of amides is 1. The molecule has 190 valence electrons. The molecule has 0 bridgehead atoms. The smallest absolute Gasteiger partial charge is 0.280 e. The SMILES string of the molecule is CC(C)Cc1nc2cnc(-c3ccccc3CC#N)cc2n1[C@@H]1CCC[C@H](NC(=O)c2ncc(Cl)s2)C1. The van der Waals surface area contributed by atoms with Crippen LogP contribution in [0.15, 0.2) is 42.7 Å².